The van der Waals surface area contributed by atoms with Gasteiger partial charge in [-0.15, -0.1) is 0 Å². The van der Waals surface area contributed by atoms with Crippen molar-refractivity contribution in [1.82, 2.24) is 5.32 Å². The first-order chi connectivity index (χ1) is 13.1. The molecule has 0 aromatic heterocycles. The summed E-state index contributed by atoms with van der Waals surface area (Å²) in [5.74, 6) is -2.34. The summed E-state index contributed by atoms with van der Waals surface area (Å²) in [6.45, 7) is 1.77. The number of carbonyl (C=O) groups is 1. The number of fused-ring (bicyclic) bond motifs is 1. The minimum atomic E-state index is -3.45. The van der Waals surface area contributed by atoms with Gasteiger partial charge in [-0.25, -0.2) is 17.2 Å². The Morgan fingerprint density at radius 2 is 2.00 bits per heavy atom. The quantitative estimate of drug-likeness (QED) is 0.847. The molecule has 9 heteroatoms. The van der Waals surface area contributed by atoms with Crippen molar-refractivity contribution in [3.05, 3.63) is 64.7 Å². The minimum Gasteiger partial charge on any atom is -0.332 e. The molecular formula is C19H17F2N3O3S. The molecule has 3 rings (SSSR count). The summed E-state index contributed by atoms with van der Waals surface area (Å²) >= 11 is 0. The number of nitrogens with one attached hydrogen (secondary N) is 1. The average Bonchev–Trinajstić information content (AvgIpc) is 2.94. The van der Waals surface area contributed by atoms with Gasteiger partial charge in [0.25, 0.3) is 5.91 Å². The predicted octanol–water partition coefficient (Wildman–Crippen LogP) is 2.67. The Morgan fingerprint density at radius 3 is 2.61 bits per heavy atom. The van der Waals surface area contributed by atoms with Gasteiger partial charge in [0, 0.05) is 23.2 Å². The first-order valence-corrected chi connectivity index (χ1v) is 10.2. The maximum absolute atomic E-state index is 13.9. The zero-order valence-electron chi connectivity index (χ0n) is 15.1. The molecule has 0 aliphatic carbocycles. The molecule has 0 fully saturated rings. The maximum atomic E-state index is 13.9. The van der Waals surface area contributed by atoms with Crippen molar-refractivity contribution >= 4 is 21.6 Å². The zero-order chi connectivity index (χ0) is 20.6. The summed E-state index contributed by atoms with van der Waals surface area (Å²) in [7, 11) is -3.45. The number of rotatable bonds is 4. The standard InChI is InChI=1S/C19H17F2N3O3S/c1-11-7-13-8-12(3-6-18(13)24(11)28(2,26)27)19(25)23-17(10-22)15-5-4-14(20)9-16(15)21/h3-6,8-9,11,17H,7H2,1-2H3,(H,23,25). The van der Waals surface area contributed by atoms with Gasteiger partial charge in [-0.3, -0.25) is 9.10 Å². The van der Waals surface area contributed by atoms with E-state index in [4.69, 9.17) is 0 Å². The number of nitriles is 1. The third kappa shape index (κ3) is 3.68. The molecule has 1 aliphatic heterocycles. The van der Waals surface area contributed by atoms with Crippen molar-refractivity contribution in [1.29, 1.82) is 5.26 Å². The fraction of sp³-hybridized carbons (Fsp3) is 0.263. The number of sulfonamides is 1. The molecule has 28 heavy (non-hydrogen) atoms. The zero-order valence-corrected chi connectivity index (χ0v) is 15.9. The lowest BCUT2D eigenvalue weighted by molar-refractivity contribution is 0.0944. The topological polar surface area (TPSA) is 90.3 Å². The van der Waals surface area contributed by atoms with Crippen LogP contribution in [0.2, 0.25) is 0 Å². The Hall–Kier alpha value is -2.99. The molecule has 6 nitrogen and oxygen atoms in total. The number of carbonyl (C=O) groups excluding carboxylic acids is 1. The number of anilines is 1. The lowest BCUT2D eigenvalue weighted by Crippen LogP contribution is -2.34. The molecule has 0 spiro atoms. The highest BCUT2D eigenvalue weighted by Gasteiger charge is 2.33. The van der Waals surface area contributed by atoms with E-state index in [0.29, 0.717) is 23.7 Å². The third-order valence-electron chi connectivity index (χ3n) is 4.53. The van der Waals surface area contributed by atoms with Crippen LogP contribution in [0.4, 0.5) is 14.5 Å². The second kappa shape index (κ2) is 7.20. The van der Waals surface area contributed by atoms with Gasteiger partial charge in [0.2, 0.25) is 10.0 Å². The van der Waals surface area contributed by atoms with Crippen LogP contribution in [0.5, 0.6) is 0 Å². The van der Waals surface area contributed by atoms with Crippen LogP contribution < -0.4 is 9.62 Å². The van der Waals surface area contributed by atoms with Crippen LogP contribution in [-0.2, 0) is 16.4 Å². The Balaban J connectivity index is 1.86. The van der Waals surface area contributed by atoms with E-state index in [9.17, 15) is 27.3 Å². The van der Waals surface area contributed by atoms with Gasteiger partial charge in [-0.2, -0.15) is 5.26 Å². The SMILES string of the molecule is CC1Cc2cc(C(=O)NC(C#N)c3ccc(F)cc3F)ccc2N1S(C)(=O)=O. The highest BCUT2D eigenvalue weighted by Crippen LogP contribution is 2.34. The number of nitrogens with zero attached hydrogens (tertiary/aromatic N) is 2. The average molecular weight is 405 g/mol. The molecule has 2 aromatic rings. The van der Waals surface area contributed by atoms with E-state index in [1.54, 1.807) is 19.1 Å². The summed E-state index contributed by atoms with van der Waals surface area (Å²) < 4.78 is 52.2. The fourth-order valence-corrected chi connectivity index (χ4v) is 4.64. The molecule has 1 amide bonds. The number of halogens is 2. The van der Waals surface area contributed by atoms with Gasteiger partial charge in [-0.05, 0) is 43.2 Å². The predicted molar refractivity (Wildman–Crippen MR) is 99.1 cm³/mol. The van der Waals surface area contributed by atoms with E-state index in [1.165, 1.54) is 16.4 Å². The van der Waals surface area contributed by atoms with E-state index in [0.717, 1.165) is 18.4 Å². The Kier molecular flexibility index (Phi) is 5.08. The van der Waals surface area contributed by atoms with Gasteiger partial charge < -0.3 is 5.32 Å². The van der Waals surface area contributed by atoms with E-state index in [1.807, 2.05) is 0 Å². The number of hydrogen-bond donors (Lipinski definition) is 1. The van der Waals surface area contributed by atoms with E-state index in [2.05, 4.69) is 5.32 Å². The molecule has 0 bridgehead atoms. The van der Waals surface area contributed by atoms with Crippen LogP contribution in [-0.4, -0.2) is 26.6 Å². The second-order valence-electron chi connectivity index (χ2n) is 6.66. The Bertz CT molecular complexity index is 1100. The summed E-state index contributed by atoms with van der Waals surface area (Å²) in [5.41, 5.74) is 1.26. The minimum absolute atomic E-state index is 0.143. The monoisotopic (exact) mass is 405 g/mol. The van der Waals surface area contributed by atoms with Gasteiger partial charge in [0.1, 0.15) is 17.7 Å². The highest BCUT2D eigenvalue weighted by molar-refractivity contribution is 7.92. The largest absolute Gasteiger partial charge is 0.332 e. The summed E-state index contributed by atoms with van der Waals surface area (Å²) in [4.78, 5) is 12.5. The molecule has 0 saturated carbocycles. The lowest BCUT2D eigenvalue weighted by atomic mass is 10.0. The second-order valence-corrected chi connectivity index (χ2v) is 8.52. The molecule has 2 unspecified atom stereocenters. The molecule has 2 aromatic carbocycles. The molecule has 1 aliphatic rings. The van der Waals surface area contributed by atoms with Crippen LogP contribution in [0.15, 0.2) is 36.4 Å². The number of benzene rings is 2. The van der Waals surface area contributed by atoms with Gasteiger partial charge in [-0.1, -0.05) is 6.07 Å². The first-order valence-electron chi connectivity index (χ1n) is 8.39. The van der Waals surface area contributed by atoms with Crippen molar-refractivity contribution in [3.63, 3.8) is 0 Å². The van der Waals surface area contributed by atoms with Crippen LogP contribution in [0.1, 0.15) is 34.5 Å². The number of hydrogen-bond acceptors (Lipinski definition) is 4. The van der Waals surface area contributed by atoms with Crippen molar-refractivity contribution in [2.75, 3.05) is 10.6 Å². The van der Waals surface area contributed by atoms with Crippen LogP contribution in [0, 0.1) is 23.0 Å². The first kappa shape index (κ1) is 19.8. The van der Waals surface area contributed by atoms with Gasteiger partial charge in [0.15, 0.2) is 0 Å². The van der Waals surface area contributed by atoms with Gasteiger partial charge >= 0.3 is 0 Å². The smallest absolute Gasteiger partial charge is 0.252 e. The summed E-state index contributed by atoms with van der Waals surface area (Å²) in [6.07, 6.45) is 1.56. The Labute approximate surface area is 161 Å². The van der Waals surface area contributed by atoms with Crippen molar-refractivity contribution in [2.24, 2.45) is 0 Å². The molecular weight excluding hydrogens is 388 g/mol. The van der Waals surface area contributed by atoms with Crippen molar-refractivity contribution in [3.8, 4) is 6.07 Å². The Morgan fingerprint density at radius 1 is 1.29 bits per heavy atom. The molecule has 1 N–H and O–H groups in total. The van der Waals surface area contributed by atoms with Crippen LogP contribution in [0.25, 0.3) is 0 Å². The fourth-order valence-electron chi connectivity index (χ4n) is 3.38. The van der Waals surface area contributed by atoms with Crippen LogP contribution >= 0.6 is 0 Å². The van der Waals surface area contributed by atoms with Gasteiger partial charge in [0.05, 0.1) is 18.0 Å². The molecule has 2 atom stereocenters. The normalized spacial score (nSPS) is 17.0. The third-order valence-corrected chi connectivity index (χ3v) is 5.80. The highest BCUT2D eigenvalue weighted by atomic mass is 32.2. The lowest BCUT2D eigenvalue weighted by Gasteiger charge is -2.22. The maximum Gasteiger partial charge on any atom is 0.252 e. The molecule has 0 radical (unpaired) electrons. The molecule has 1 heterocycles. The molecule has 146 valence electrons. The van der Waals surface area contributed by atoms with E-state index in [-0.39, 0.29) is 17.2 Å². The molecule has 0 saturated heterocycles. The van der Waals surface area contributed by atoms with Crippen molar-refractivity contribution in [2.45, 2.75) is 25.4 Å². The summed E-state index contributed by atoms with van der Waals surface area (Å²) in [5, 5.41) is 11.7. The van der Waals surface area contributed by atoms with Crippen LogP contribution in [0.3, 0.4) is 0 Å². The number of amides is 1. The van der Waals surface area contributed by atoms with Crippen molar-refractivity contribution < 1.29 is 22.0 Å². The summed E-state index contributed by atoms with van der Waals surface area (Å²) in [6, 6.07) is 7.50. The van der Waals surface area contributed by atoms with E-state index < -0.39 is 33.6 Å². The van der Waals surface area contributed by atoms with E-state index >= 15 is 0 Å².